The van der Waals surface area contributed by atoms with E-state index in [1.165, 1.54) is 7.11 Å². The van der Waals surface area contributed by atoms with Crippen molar-refractivity contribution in [3.63, 3.8) is 0 Å². The van der Waals surface area contributed by atoms with E-state index in [0.29, 0.717) is 29.2 Å². The first-order valence-corrected chi connectivity index (χ1v) is 10.3. The zero-order valence-electron chi connectivity index (χ0n) is 18.5. The van der Waals surface area contributed by atoms with Gasteiger partial charge >= 0.3 is 5.97 Å². The first-order valence-electron chi connectivity index (χ1n) is 10.3. The Morgan fingerprint density at radius 1 is 1.16 bits per heavy atom. The standard InChI is InChI=1S/C24H26N2O6/c1-5-25-22(27)14-30-20-11-6-16(13-21(20)29-4)12-19-24(28)32-23(26-19)17-7-9-18(10-8-17)31-15(2)3/h6-13,15H,5,14H2,1-4H3,(H,25,27). The van der Waals surface area contributed by atoms with Crippen LogP contribution in [0, 0.1) is 0 Å². The molecule has 0 saturated heterocycles. The van der Waals surface area contributed by atoms with Gasteiger partial charge in [0.2, 0.25) is 5.90 Å². The quantitative estimate of drug-likeness (QED) is 0.477. The Kier molecular flexibility index (Phi) is 7.49. The Bertz CT molecular complexity index is 1040. The minimum absolute atomic E-state index is 0.0688. The molecular weight excluding hydrogens is 412 g/mol. The van der Waals surface area contributed by atoms with Crippen LogP contribution in [-0.4, -0.2) is 44.1 Å². The van der Waals surface area contributed by atoms with Gasteiger partial charge in [-0.2, -0.15) is 0 Å². The van der Waals surface area contributed by atoms with Crippen LogP contribution in [-0.2, 0) is 14.3 Å². The molecule has 0 atom stereocenters. The molecule has 0 spiro atoms. The van der Waals surface area contributed by atoms with Crippen molar-refractivity contribution in [3.05, 3.63) is 59.3 Å². The lowest BCUT2D eigenvalue weighted by atomic mass is 10.1. The molecule has 1 heterocycles. The number of aliphatic imine (C=N–C) groups is 1. The Hall–Kier alpha value is -3.81. The molecule has 0 saturated carbocycles. The van der Waals surface area contributed by atoms with Gasteiger partial charge in [0, 0.05) is 12.1 Å². The number of methoxy groups -OCH3 is 1. The third kappa shape index (κ3) is 5.87. The molecule has 2 aromatic rings. The predicted octanol–water partition coefficient (Wildman–Crippen LogP) is 3.34. The number of amides is 1. The summed E-state index contributed by atoms with van der Waals surface area (Å²) >= 11 is 0. The van der Waals surface area contributed by atoms with Crippen molar-refractivity contribution in [3.8, 4) is 17.2 Å². The molecular formula is C24H26N2O6. The average Bonchev–Trinajstić information content (AvgIpc) is 3.13. The van der Waals surface area contributed by atoms with Gasteiger partial charge in [0.05, 0.1) is 13.2 Å². The van der Waals surface area contributed by atoms with E-state index in [1.54, 1.807) is 48.5 Å². The summed E-state index contributed by atoms with van der Waals surface area (Å²) in [5, 5.41) is 2.66. The number of esters is 1. The van der Waals surface area contributed by atoms with Crippen molar-refractivity contribution < 1.29 is 28.5 Å². The second kappa shape index (κ2) is 10.5. The molecule has 0 radical (unpaired) electrons. The van der Waals surface area contributed by atoms with E-state index >= 15 is 0 Å². The highest BCUT2D eigenvalue weighted by Crippen LogP contribution is 2.30. The van der Waals surface area contributed by atoms with E-state index in [9.17, 15) is 9.59 Å². The fraction of sp³-hybridized carbons (Fsp3) is 0.292. The SMILES string of the molecule is CCNC(=O)COc1ccc(C=C2N=C(c3ccc(OC(C)C)cc3)OC2=O)cc1OC. The molecule has 8 heteroatoms. The van der Waals surface area contributed by atoms with Gasteiger partial charge in [0.15, 0.2) is 23.8 Å². The Balaban J connectivity index is 1.76. The highest BCUT2D eigenvalue weighted by Gasteiger charge is 2.24. The summed E-state index contributed by atoms with van der Waals surface area (Å²) in [6.07, 6.45) is 1.67. The van der Waals surface area contributed by atoms with Gasteiger partial charge in [0.25, 0.3) is 5.91 Å². The van der Waals surface area contributed by atoms with Gasteiger partial charge in [0.1, 0.15) is 5.75 Å². The molecule has 1 aliphatic rings. The number of nitrogens with zero attached hydrogens (tertiary/aromatic N) is 1. The van der Waals surface area contributed by atoms with Crippen molar-refractivity contribution in [2.24, 2.45) is 4.99 Å². The maximum absolute atomic E-state index is 12.3. The highest BCUT2D eigenvalue weighted by molar-refractivity contribution is 6.12. The lowest BCUT2D eigenvalue weighted by Gasteiger charge is -2.11. The summed E-state index contributed by atoms with van der Waals surface area (Å²) in [7, 11) is 1.50. The number of nitrogens with one attached hydrogen (secondary N) is 1. The number of hydrogen-bond donors (Lipinski definition) is 1. The van der Waals surface area contributed by atoms with E-state index in [-0.39, 0.29) is 30.2 Å². The number of benzene rings is 2. The molecule has 32 heavy (non-hydrogen) atoms. The zero-order chi connectivity index (χ0) is 23.1. The molecule has 168 valence electrons. The average molecular weight is 438 g/mol. The van der Waals surface area contributed by atoms with Crippen LogP contribution in [0.3, 0.4) is 0 Å². The molecule has 0 unspecified atom stereocenters. The maximum atomic E-state index is 12.3. The van der Waals surface area contributed by atoms with Gasteiger partial charge in [-0.3, -0.25) is 4.79 Å². The van der Waals surface area contributed by atoms with Gasteiger partial charge in [-0.25, -0.2) is 9.79 Å². The number of carbonyl (C=O) groups excluding carboxylic acids is 2. The minimum atomic E-state index is -0.543. The summed E-state index contributed by atoms with van der Waals surface area (Å²) < 4.78 is 21.8. The first-order chi connectivity index (χ1) is 15.4. The van der Waals surface area contributed by atoms with Crippen LogP contribution >= 0.6 is 0 Å². The number of cyclic esters (lactones) is 1. The van der Waals surface area contributed by atoms with Gasteiger partial charge in [-0.1, -0.05) is 6.07 Å². The monoisotopic (exact) mass is 438 g/mol. The maximum Gasteiger partial charge on any atom is 0.363 e. The van der Waals surface area contributed by atoms with E-state index in [1.807, 2.05) is 20.8 Å². The molecule has 1 amide bonds. The molecule has 0 aliphatic carbocycles. The summed E-state index contributed by atoms with van der Waals surface area (Å²) in [6, 6.07) is 12.3. The van der Waals surface area contributed by atoms with Crippen molar-refractivity contribution in [2.45, 2.75) is 26.9 Å². The number of ether oxygens (including phenoxy) is 4. The van der Waals surface area contributed by atoms with Crippen LogP contribution in [0.25, 0.3) is 6.08 Å². The van der Waals surface area contributed by atoms with Crippen molar-refractivity contribution in [1.82, 2.24) is 5.32 Å². The third-order valence-electron chi connectivity index (χ3n) is 4.32. The molecule has 2 aromatic carbocycles. The topological polar surface area (TPSA) is 95.5 Å². The van der Waals surface area contributed by atoms with E-state index < -0.39 is 5.97 Å². The molecule has 3 rings (SSSR count). The fourth-order valence-corrected chi connectivity index (χ4v) is 2.92. The third-order valence-corrected chi connectivity index (χ3v) is 4.32. The summed E-state index contributed by atoms with van der Waals surface area (Å²) in [6.45, 7) is 6.14. The summed E-state index contributed by atoms with van der Waals surface area (Å²) in [5.74, 6) is 1.04. The Morgan fingerprint density at radius 3 is 2.56 bits per heavy atom. The van der Waals surface area contributed by atoms with E-state index in [4.69, 9.17) is 18.9 Å². The lowest BCUT2D eigenvalue weighted by molar-refractivity contribution is -0.130. The highest BCUT2D eigenvalue weighted by atomic mass is 16.6. The lowest BCUT2D eigenvalue weighted by Crippen LogP contribution is -2.28. The van der Waals surface area contributed by atoms with Crippen LogP contribution in [0.15, 0.2) is 53.2 Å². The second-order valence-corrected chi connectivity index (χ2v) is 7.18. The largest absolute Gasteiger partial charge is 0.493 e. The zero-order valence-corrected chi connectivity index (χ0v) is 18.5. The Labute approximate surface area is 186 Å². The summed E-state index contributed by atoms with van der Waals surface area (Å²) in [5.41, 5.74) is 1.51. The fourth-order valence-electron chi connectivity index (χ4n) is 2.92. The number of rotatable bonds is 9. The van der Waals surface area contributed by atoms with Crippen molar-refractivity contribution in [1.29, 1.82) is 0 Å². The van der Waals surface area contributed by atoms with Crippen LogP contribution in [0.2, 0.25) is 0 Å². The smallest absolute Gasteiger partial charge is 0.363 e. The van der Waals surface area contributed by atoms with Crippen LogP contribution in [0.5, 0.6) is 17.2 Å². The molecule has 0 fully saturated rings. The molecule has 8 nitrogen and oxygen atoms in total. The number of hydrogen-bond acceptors (Lipinski definition) is 7. The van der Waals surface area contributed by atoms with Gasteiger partial charge < -0.3 is 24.3 Å². The van der Waals surface area contributed by atoms with Gasteiger partial charge in [-0.15, -0.1) is 0 Å². The minimum Gasteiger partial charge on any atom is -0.493 e. The molecule has 0 aromatic heterocycles. The van der Waals surface area contributed by atoms with E-state index in [2.05, 4.69) is 10.3 Å². The number of carbonyl (C=O) groups is 2. The van der Waals surface area contributed by atoms with E-state index in [0.717, 1.165) is 5.75 Å². The van der Waals surface area contributed by atoms with Crippen molar-refractivity contribution in [2.75, 3.05) is 20.3 Å². The van der Waals surface area contributed by atoms with Crippen LogP contribution in [0.4, 0.5) is 0 Å². The molecule has 1 N–H and O–H groups in total. The second-order valence-electron chi connectivity index (χ2n) is 7.18. The molecule has 0 bridgehead atoms. The first kappa shape index (κ1) is 22.9. The van der Waals surface area contributed by atoms with Crippen molar-refractivity contribution >= 4 is 23.9 Å². The summed E-state index contributed by atoms with van der Waals surface area (Å²) in [4.78, 5) is 28.2. The van der Waals surface area contributed by atoms with Crippen LogP contribution < -0.4 is 19.5 Å². The molecule has 1 aliphatic heterocycles. The number of likely N-dealkylation sites (N-methyl/N-ethyl adjacent to an activating group) is 1. The Morgan fingerprint density at radius 2 is 1.91 bits per heavy atom. The van der Waals surface area contributed by atoms with Crippen LogP contribution in [0.1, 0.15) is 31.9 Å². The normalized spacial score (nSPS) is 14.2. The predicted molar refractivity (Wildman–Crippen MR) is 120 cm³/mol. The van der Waals surface area contributed by atoms with Gasteiger partial charge in [-0.05, 0) is 68.8 Å².